The number of hydrogen-bond acceptors (Lipinski definition) is 4. The smallest absolute Gasteiger partial charge is 0.271 e. The van der Waals surface area contributed by atoms with Gasteiger partial charge in [0, 0.05) is 13.1 Å². The summed E-state index contributed by atoms with van der Waals surface area (Å²) in [7, 11) is 0. The van der Waals surface area contributed by atoms with Crippen molar-refractivity contribution in [3.63, 3.8) is 0 Å². The number of halogens is 1. The standard InChI is InChI=1S/C13H19ClN4O2/c1-3-7-16-11(19)8-17-13(20)12-9(14)5-6-10(18-12)15-4-2/h5-6H,3-4,7-8H2,1-2H3,(H,15,18)(H,16,19)(H,17,20). The highest BCUT2D eigenvalue weighted by atomic mass is 35.5. The van der Waals surface area contributed by atoms with Gasteiger partial charge in [-0.1, -0.05) is 18.5 Å². The van der Waals surface area contributed by atoms with Gasteiger partial charge in [0.1, 0.15) is 11.5 Å². The second kappa shape index (κ2) is 8.37. The zero-order chi connectivity index (χ0) is 15.0. The molecule has 1 aromatic rings. The first-order valence-electron chi connectivity index (χ1n) is 6.53. The van der Waals surface area contributed by atoms with Crippen LogP contribution < -0.4 is 16.0 Å². The van der Waals surface area contributed by atoms with Crippen LogP contribution in [0.4, 0.5) is 5.82 Å². The Morgan fingerprint density at radius 1 is 1.25 bits per heavy atom. The Balaban J connectivity index is 2.62. The molecule has 3 N–H and O–H groups in total. The molecule has 1 rings (SSSR count). The fourth-order valence-corrected chi connectivity index (χ4v) is 1.64. The van der Waals surface area contributed by atoms with Crippen molar-refractivity contribution in [1.82, 2.24) is 15.6 Å². The normalized spacial score (nSPS) is 9.95. The molecule has 0 aliphatic rings. The summed E-state index contributed by atoms with van der Waals surface area (Å²) in [4.78, 5) is 27.5. The summed E-state index contributed by atoms with van der Waals surface area (Å²) < 4.78 is 0. The topological polar surface area (TPSA) is 83.1 Å². The lowest BCUT2D eigenvalue weighted by Crippen LogP contribution is -2.37. The number of rotatable bonds is 7. The van der Waals surface area contributed by atoms with E-state index in [9.17, 15) is 9.59 Å². The molecule has 0 atom stereocenters. The molecule has 0 aromatic carbocycles. The molecule has 0 aliphatic carbocycles. The number of carbonyl (C=O) groups excluding carboxylic acids is 2. The summed E-state index contributed by atoms with van der Waals surface area (Å²) in [5.41, 5.74) is 0.105. The van der Waals surface area contributed by atoms with Crippen LogP contribution in [0, 0.1) is 0 Å². The summed E-state index contributed by atoms with van der Waals surface area (Å²) in [5, 5.41) is 8.40. The van der Waals surface area contributed by atoms with Gasteiger partial charge in [0.2, 0.25) is 5.91 Å². The Kier molecular flexibility index (Phi) is 6.79. The highest BCUT2D eigenvalue weighted by Crippen LogP contribution is 2.16. The Hall–Kier alpha value is -1.82. The third-order valence-electron chi connectivity index (χ3n) is 2.40. The van der Waals surface area contributed by atoms with Crippen LogP contribution in [-0.4, -0.2) is 36.4 Å². The van der Waals surface area contributed by atoms with E-state index in [2.05, 4.69) is 20.9 Å². The van der Waals surface area contributed by atoms with E-state index in [1.54, 1.807) is 12.1 Å². The van der Waals surface area contributed by atoms with E-state index in [1.165, 1.54) is 0 Å². The molecule has 0 bridgehead atoms. The Morgan fingerprint density at radius 2 is 2.00 bits per heavy atom. The summed E-state index contributed by atoms with van der Waals surface area (Å²) >= 11 is 5.94. The van der Waals surface area contributed by atoms with Crippen molar-refractivity contribution >= 4 is 29.2 Å². The number of pyridine rings is 1. The fourth-order valence-electron chi connectivity index (χ4n) is 1.45. The number of hydrogen-bond donors (Lipinski definition) is 3. The molecule has 0 saturated carbocycles. The van der Waals surface area contributed by atoms with E-state index in [1.807, 2.05) is 13.8 Å². The molecule has 0 aliphatic heterocycles. The van der Waals surface area contributed by atoms with Crippen molar-refractivity contribution in [3.05, 3.63) is 22.8 Å². The quantitative estimate of drug-likeness (QED) is 0.711. The maximum Gasteiger partial charge on any atom is 0.271 e. The number of amides is 2. The zero-order valence-electron chi connectivity index (χ0n) is 11.6. The SMILES string of the molecule is CCCNC(=O)CNC(=O)c1nc(NCC)ccc1Cl. The maximum atomic E-state index is 11.9. The average Bonchev–Trinajstić information content (AvgIpc) is 2.44. The van der Waals surface area contributed by atoms with Crippen LogP contribution in [0.3, 0.4) is 0 Å². The molecular formula is C13H19ClN4O2. The highest BCUT2D eigenvalue weighted by Gasteiger charge is 2.14. The summed E-state index contributed by atoms with van der Waals surface area (Å²) in [6.07, 6.45) is 0.845. The van der Waals surface area contributed by atoms with Gasteiger partial charge in [-0.25, -0.2) is 4.98 Å². The first kappa shape index (κ1) is 16.2. The Labute approximate surface area is 123 Å². The molecule has 0 spiro atoms. The van der Waals surface area contributed by atoms with Gasteiger partial charge in [0.05, 0.1) is 11.6 Å². The van der Waals surface area contributed by atoms with Crippen molar-refractivity contribution in [2.75, 3.05) is 25.0 Å². The van der Waals surface area contributed by atoms with Gasteiger partial charge in [-0.2, -0.15) is 0 Å². The van der Waals surface area contributed by atoms with Crippen molar-refractivity contribution in [2.24, 2.45) is 0 Å². The predicted octanol–water partition coefficient (Wildman–Crippen LogP) is 1.42. The lowest BCUT2D eigenvalue weighted by molar-refractivity contribution is -0.120. The summed E-state index contributed by atoms with van der Waals surface area (Å²) in [6, 6.07) is 3.29. The maximum absolute atomic E-state index is 11.9. The molecule has 0 saturated heterocycles. The van der Waals surface area contributed by atoms with Crippen LogP contribution >= 0.6 is 11.6 Å². The number of nitrogens with zero attached hydrogens (tertiary/aromatic N) is 1. The number of aromatic nitrogens is 1. The van der Waals surface area contributed by atoms with Gasteiger partial charge in [-0.3, -0.25) is 9.59 Å². The molecular weight excluding hydrogens is 280 g/mol. The number of carbonyl (C=O) groups is 2. The molecule has 20 heavy (non-hydrogen) atoms. The fraction of sp³-hybridized carbons (Fsp3) is 0.462. The van der Waals surface area contributed by atoms with Gasteiger partial charge >= 0.3 is 0 Å². The second-order valence-electron chi connectivity index (χ2n) is 4.09. The van der Waals surface area contributed by atoms with Gasteiger partial charge in [-0.15, -0.1) is 0 Å². The number of nitrogens with one attached hydrogen (secondary N) is 3. The third-order valence-corrected chi connectivity index (χ3v) is 2.71. The molecule has 0 radical (unpaired) electrons. The van der Waals surface area contributed by atoms with Gasteiger partial charge in [0.25, 0.3) is 5.91 Å². The molecule has 0 unspecified atom stereocenters. The van der Waals surface area contributed by atoms with E-state index in [-0.39, 0.29) is 23.2 Å². The summed E-state index contributed by atoms with van der Waals surface area (Å²) in [5.74, 6) is -0.141. The summed E-state index contributed by atoms with van der Waals surface area (Å²) in [6.45, 7) is 5.06. The molecule has 7 heteroatoms. The van der Waals surface area contributed by atoms with Gasteiger partial charge in [0.15, 0.2) is 0 Å². The van der Waals surface area contributed by atoms with Crippen LogP contribution in [0.1, 0.15) is 30.8 Å². The van der Waals surface area contributed by atoms with E-state index in [0.29, 0.717) is 18.9 Å². The lowest BCUT2D eigenvalue weighted by atomic mass is 10.3. The van der Waals surface area contributed by atoms with Crippen molar-refractivity contribution in [3.8, 4) is 0 Å². The largest absolute Gasteiger partial charge is 0.370 e. The van der Waals surface area contributed by atoms with E-state index in [4.69, 9.17) is 11.6 Å². The van der Waals surface area contributed by atoms with Crippen LogP contribution in [0.5, 0.6) is 0 Å². The average molecular weight is 299 g/mol. The van der Waals surface area contributed by atoms with Crippen LogP contribution in [0.25, 0.3) is 0 Å². The van der Waals surface area contributed by atoms with E-state index < -0.39 is 5.91 Å². The minimum atomic E-state index is -0.471. The van der Waals surface area contributed by atoms with Crippen LogP contribution in [0.15, 0.2) is 12.1 Å². The van der Waals surface area contributed by atoms with Crippen LogP contribution in [-0.2, 0) is 4.79 Å². The second-order valence-corrected chi connectivity index (χ2v) is 4.50. The van der Waals surface area contributed by atoms with Crippen molar-refractivity contribution in [2.45, 2.75) is 20.3 Å². The third kappa shape index (κ3) is 5.05. The number of anilines is 1. The molecule has 6 nitrogen and oxygen atoms in total. The Bertz CT molecular complexity index is 479. The van der Waals surface area contributed by atoms with Crippen LogP contribution in [0.2, 0.25) is 5.02 Å². The molecule has 2 amide bonds. The van der Waals surface area contributed by atoms with E-state index in [0.717, 1.165) is 6.42 Å². The molecule has 0 fully saturated rings. The highest BCUT2D eigenvalue weighted by molar-refractivity contribution is 6.33. The molecule has 1 heterocycles. The van der Waals surface area contributed by atoms with Gasteiger partial charge in [-0.05, 0) is 25.5 Å². The van der Waals surface area contributed by atoms with Crippen molar-refractivity contribution < 1.29 is 9.59 Å². The Morgan fingerprint density at radius 3 is 2.65 bits per heavy atom. The first-order valence-corrected chi connectivity index (χ1v) is 6.91. The monoisotopic (exact) mass is 298 g/mol. The molecule has 110 valence electrons. The molecule has 1 aromatic heterocycles. The van der Waals surface area contributed by atoms with Gasteiger partial charge < -0.3 is 16.0 Å². The first-order chi connectivity index (χ1) is 9.58. The van der Waals surface area contributed by atoms with E-state index >= 15 is 0 Å². The van der Waals surface area contributed by atoms with Crippen molar-refractivity contribution in [1.29, 1.82) is 0 Å². The minimum Gasteiger partial charge on any atom is -0.370 e. The zero-order valence-corrected chi connectivity index (χ0v) is 12.4. The predicted molar refractivity (Wildman–Crippen MR) is 79.0 cm³/mol. The lowest BCUT2D eigenvalue weighted by Gasteiger charge is -2.08. The minimum absolute atomic E-state index is 0.0950.